The minimum atomic E-state index is -1.85. The fraction of sp³-hybridized carbons (Fsp3) is 0.750. The van der Waals surface area contributed by atoms with Crippen molar-refractivity contribution < 1.29 is 25.2 Å². The zero-order chi connectivity index (χ0) is 18.9. The first-order valence-electron chi connectivity index (χ1n) is 9.11. The molecule has 0 aromatic carbocycles. The summed E-state index contributed by atoms with van der Waals surface area (Å²) >= 11 is 0. The maximum Gasteiger partial charge on any atom is 0.190 e. The van der Waals surface area contributed by atoms with E-state index in [9.17, 15) is 25.2 Å². The molecule has 0 aromatic rings. The average Bonchev–Trinajstić information content (AvgIpc) is 2.92. The second kappa shape index (κ2) is 5.74. The average molecular weight is 350 g/mol. The molecule has 0 spiro atoms. The van der Waals surface area contributed by atoms with Crippen LogP contribution in [0.3, 0.4) is 0 Å². The van der Waals surface area contributed by atoms with Gasteiger partial charge in [0.05, 0.1) is 24.2 Å². The minimum Gasteiger partial charge on any atom is -0.392 e. The molecular formula is C20H30O5. The smallest absolute Gasteiger partial charge is 0.190 e. The highest BCUT2D eigenvalue weighted by atomic mass is 16.3. The van der Waals surface area contributed by atoms with Gasteiger partial charge < -0.3 is 20.4 Å². The molecule has 3 aliphatic rings. The lowest BCUT2D eigenvalue weighted by Gasteiger charge is -2.35. The molecule has 0 heterocycles. The quantitative estimate of drug-likeness (QED) is 0.492. The molecule has 5 nitrogen and oxygen atoms in total. The van der Waals surface area contributed by atoms with Crippen LogP contribution in [0.5, 0.6) is 0 Å². The lowest BCUT2D eigenvalue weighted by atomic mass is 9.77. The Morgan fingerprint density at radius 1 is 1.24 bits per heavy atom. The number of aliphatic hydroxyl groups is 4. The number of ketones is 1. The molecule has 0 unspecified atom stereocenters. The first kappa shape index (κ1) is 18.8. The van der Waals surface area contributed by atoms with Crippen LogP contribution < -0.4 is 0 Å². The second-order valence-corrected chi connectivity index (χ2v) is 9.03. The number of hydrogen-bond acceptors (Lipinski definition) is 5. The molecule has 0 aliphatic heterocycles. The summed E-state index contributed by atoms with van der Waals surface area (Å²) in [6, 6.07) is 0. The summed E-state index contributed by atoms with van der Waals surface area (Å²) < 4.78 is 0. The molecular weight excluding hydrogens is 320 g/mol. The van der Waals surface area contributed by atoms with Crippen molar-refractivity contribution in [1.29, 1.82) is 0 Å². The van der Waals surface area contributed by atoms with Gasteiger partial charge in [0.1, 0.15) is 5.60 Å². The third-order valence-electron chi connectivity index (χ3n) is 7.08. The van der Waals surface area contributed by atoms with Crippen LogP contribution in [-0.4, -0.2) is 50.1 Å². The first-order valence-corrected chi connectivity index (χ1v) is 9.11. The number of hydrogen-bond donors (Lipinski definition) is 4. The van der Waals surface area contributed by atoms with Gasteiger partial charge in [0.25, 0.3) is 0 Å². The molecule has 3 rings (SSSR count). The fourth-order valence-corrected chi connectivity index (χ4v) is 5.15. The Bertz CT molecular complexity index is 636. The van der Waals surface area contributed by atoms with Gasteiger partial charge in [0.2, 0.25) is 0 Å². The number of carbonyl (C=O) groups excluding carboxylic acids is 1. The van der Waals surface area contributed by atoms with Crippen LogP contribution in [0.4, 0.5) is 0 Å². The molecule has 3 aliphatic carbocycles. The highest BCUT2D eigenvalue weighted by Crippen LogP contribution is 2.62. The number of Topliss-reactive ketones (excluding diaryl/α,β-unsaturated/α-hetero) is 1. The van der Waals surface area contributed by atoms with E-state index in [1.165, 1.54) is 0 Å². The number of allylic oxidation sites excluding steroid dienone is 1. The fourth-order valence-electron chi connectivity index (χ4n) is 5.15. The summed E-state index contributed by atoms with van der Waals surface area (Å²) in [5, 5.41) is 43.0. The highest BCUT2D eigenvalue weighted by Gasteiger charge is 2.61. The Labute approximate surface area is 149 Å². The Hall–Kier alpha value is -1.01. The topological polar surface area (TPSA) is 98.0 Å². The number of fused-ring (bicyclic) bond motifs is 2. The normalized spacial score (nSPS) is 49.8. The van der Waals surface area contributed by atoms with Gasteiger partial charge >= 0.3 is 0 Å². The molecule has 140 valence electrons. The van der Waals surface area contributed by atoms with Crippen molar-refractivity contribution in [2.24, 2.45) is 29.1 Å². The molecule has 4 N–H and O–H groups in total. The van der Waals surface area contributed by atoms with Gasteiger partial charge in [-0.25, -0.2) is 0 Å². The molecule has 0 bridgehead atoms. The number of aliphatic hydroxyl groups excluding tert-OH is 3. The van der Waals surface area contributed by atoms with Crippen LogP contribution >= 0.6 is 0 Å². The summed E-state index contributed by atoms with van der Waals surface area (Å²) in [4.78, 5) is 13.0. The van der Waals surface area contributed by atoms with Crippen LogP contribution in [0, 0.1) is 29.1 Å². The van der Waals surface area contributed by atoms with E-state index in [2.05, 4.69) is 20.4 Å². The lowest BCUT2D eigenvalue weighted by Crippen LogP contribution is -2.51. The maximum absolute atomic E-state index is 13.0. The van der Waals surface area contributed by atoms with E-state index >= 15 is 0 Å². The van der Waals surface area contributed by atoms with Crippen LogP contribution in [0.15, 0.2) is 23.8 Å². The predicted octanol–water partition coefficient (Wildman–Crippen LogP) is 1.20. The van der Waals surface area contributed by atoms with Crippen molar-refractivity contribution in [3.8, 4) is 0 Å². The van der Waals surface area contributed by atoms with Crippen LogP contribution in [-0.2, 0) is 4.79 Å². The summed E-state index contributed by atoms with van der Waals surface area (Å²) in [5.74, 6) is -1.53. The van der Waals surface area contributed by atoms with E-state index in [1.807, 2.05) is 6.08 Å². The Morgan fingerprint density at radius 3 is 2.44 bits per heavy atom. The van der Waals surface area contributed by atoms with Crippen molar-refractivity contribution in [2.45, 2.75) is 64.4 Å². The molecule has 0 amide bonds. The second-order valence-electron chi connectivity index (χ2n) is 9.03. The third-order valence-corrected chi connectivity index (χ3v) is 7.08. The zero-order valence-corrected chi connectivity index (χ0v) is 15.4. The van der Waals surface area contributed by atoms with Gasteiger partial charge in [-0.05, 0) is 54.1 Å². The standard InChI is InChI=1S/C20H30O5/c1-9-6-12-13(19(12,4)5)7-14(21)11(3)17(23)15-16(22)10(2)8-20(15,25)18(9)24/h6,10,12-17,21-23,25H,3,7-8H2,1-2,4-5H3/t10-,12+,13-,14+,15+,16-,17+,20+/m0/s1. The van der Waals surface area contributed by atoms with E-state index in [0.29, 0.717) is 12.0 Å². The Balaban J connectivity index is 2.08. The van der Waals surface area contributed by atoms with E-state index in [-0.39, 0.29) is 35.2 Å². The lowest BCUT2D eigenvalue weighted by molar-refractivity contribution is -0.144. The van der Waals surface area contributed by atoms with E-state index in [1.54, 1.807) is 13.8 Å². The summed E-state index contributed by atoms with van der Waals surface area (Å²) in [7, 11) is 0. The monoisotopic (exact) mass is 350 g/mol. The molecule has 0 saturated heterocycles. The van der Waals surface area contributed by atoms with Gasteiger partial charge in [0, 0.05) is 0 Å². The third kappa shape index (κ3) is 2.64. The van der Waals surface area contributed by atoms with E-state index in [0.717, 1.165) is 0 Å². The highest BCUT2D eigenvalue weighted by molar-refractivity contribution is 6.02. The van der Waals surface area contributed by atoms with Gasteiger partial charge in [-0.15, -0.1) is 0 Å². The van der Waals surface area contributed by atoms with Gasteiger partial charge in [-0.1, -0.05) is 33.4 Å². The van der Waals surface area contributed by atoms with Crippen molar-refractivity contribution in [3.63, 3.8) is 0 Å². The molecule has 2 fully saturated rings. The van der Waals surface area contributed by atoms with E-state index < -0.39 is 35.6 Å². The van der Waals surface area contributed by atoms with Crippen LogP contribution in [0.2, 0.25) is 0 Å². The predicted molar refractivity (Wildman–Crippen MR) is 93.5 cm³/mol. The van der Waals surface area contributed by atoms with Gasteiger partial charge in [-0.2, -0.15) is 0 Å². The minimum absolute atomic E-state index is 0.0442. The van der Waals surface area contributed by atoms with Crippen molar-refractivity contribution in [2.75, 3.05) is 0 Å². The summed E-state index contributed by atoms with van der Waals surface area (Å²) in [6.07, 6.45) is -0.880. The largest absolute Gasteiger partial charge is 0.392 e. The number of rotatable bonds is 0. The van der Waals surface area contributed by atoms with Crippen molar-refractivity contribution >= 4 is 5.78 Å². The first-order chi connectivity index (χ1) is 11.4. The molecule has 8 atom stereocenters. The Morgan fingerprint density at radius 2 is 1.84 bits per heavy atom. The maximum atomic E-state index is 13.0. The van der Waals surface area contributed by atoms with Gasteiger partial charge in [-0.3, -0.25) is 4.79 Å². The van der Waals surface area contributed by atoms with Crippen LogP contribution in [0.1, 0.15) is 40.5 Å². The molecule has 0 radical (unpaired) electrons. The number of carbonyl (C=O) groups is 1. The molecule has 5 heteroatoms. The van der Waals surface area contributed by atoms with Gasteiger partial charge in [0.15, 0.2) is 5.78 Å². The Kier molecular flexibility index (Phi) is 4.31. The summed E-state index contributed by atoms with van der Waals surface area (Å²) in [6.45, 7) is 11.4. The molecule has 0 aromatic heterocycles. The van der Waals surface area contributed by atoms with Crippen molar-refractivity contribution in [3.05, 3.63) is 23.8 Å². The zero-order valence-electron chi connectivity index (χ0n) is 15.4. The van der Waals surface area contributed by atoms with Crippen LogP contribution in [0.25, 0.3) is 0 Å². The van der Waals surface area contributed by atoms with Crippen molar-refractivity contribution in [1.82, 2.24) is 0 Å². The van der Waals surface area contributed by atoms with E-state index in [4.69, 9.17) is 0 Å². The molecule has 25 heavy (non-hydrogen) atoms. The molecule has 2 saturated carbocycles. The summed E-state index contributed by atoms with van der Waals surface area (Å²) in [5.41, 5.74) is -1.26. The SMILES string of the molecule is C=C1[C@H](O)C[C@H]2[C@@H](C=C(C)C(=O)[C@@]3(O)C[C@H](C)[C@H](O)[C@@H]3[C@@H]1O)C2(C)C.